The third kappa shape index (κ3) is 5.66. The van der Waals surface area contributed by atoms with Crippen molar-refractivity contribution in [3.05, 3.63) is 57.3 Å². The Balaban J connectivity index is 2.17. The largest absolute Gasteiger partial charge is 0.355 e. The molecule has 1 atom stereocenters. The molecule has 0 aliphatic heterocycles. The number of amides is 1. The van der Waals surface area contributed by atoms with Crippen molar-refractivity contribution in [3.8, 4) is 0 Å². The monoisotopic (exact) mass is 391 g/mol. The highest BCUT2D eigenvalue weighted by atomic mass is 32.2. The number of aromatic nitrogens is 2. The van der Waals surface area contributed by atoms with Crippen molar-refractivity contribution in [1.29, 1.82) is 0 Å². The lowest BCUT2D eigenvalue weighted by atomic mass is 10.1. The van der Waals surface area contributed by atoms with E-state index in [1.165, 1.54) is 28.5 Å². The first kappa shape index (κ1) is 21.2. The molecule has 1 unspecified atom stereocenters. The van der Waals surface area contributed by atoms with E-state index in [1.807, 2.05) is 0 Å². The van der Waals surface area contributed by atoms with Gasteiger partial charge in [-0.1, -0.05) is 37.2 Å². The fourth-order valence-corrected chi connectivity index (χ4v) is 3.53. The van der Waals surface area contributed by atoms with E-state index in [0.29, 0.717) is 29.4 Å². The molecule has 1 heterocycles. The van der Waals surface area contributed by atoms with Gasteiger partial charge in [0.25, 0.3) is 5.56 Å². The van der Waals surface area contributed by atoms with Gasteiger partial charge in [0.1, 0.15) is 5.82 Å². The molecule has 0 saturated heterocycles. The summed E-state index contributed by atoms with van der Waals surface area (Å²) in [6, 6.07) is 6.09. The average Bonchev–Trinajstić information content (AvgIpc) is 2.64. The van der Waals surface area contributed by atoms with Gasteiger partial charge >= 0.3 is 0 Å². The van der Waals surface area contributed by atoms with Gasteiger partial charge in [-0.25, -0.2) is 9.37 Å². The summed E-state index contributed by atoms with van der Waals surface area (Å²) in [6.07, 6.45) is 2.35. The van der Waals surface area contributed by atoms with Crippen LogP contribution in [0.15, 0.2) is 34.2 Å². The fraction of sp³-hybridized carbons (Fsp3) is 0.450. The number of hydrogen-bond acceptors (Lipinski definition) is 4. The van der Waals surface area contributed by atoms with Crippen molar-refractivity contribution >= 4 is 17.7 Å². The smallest absolute Gasteiger partial charge is 0.257 e. The summed E-state index contributed by atoms with van der Waals surface area (Å²) >= 11 is 1.27. The van der Waals surface area contributed by atoms with Crippen LogP contribution in [0.4, 0.5) is 4.39 Å². The summed E-state index contributed by atoms with van der Waals surface area (Å²) < 4.78 is 14.6. The van der Waals surface area contributed by atoms with Crippen LogP contribution in [0.3, 0.4) is 0 Å². The Hall–Kier alpha value is -2.15. The average molecular weight is 392 g/mol. The van der Waals surface area contributed by atoms with E-state index >= 15 is 0 Å². The van der Waals surface area contributed by atoms with Crippen LogP contribution < -0.4 is 10.9 Å². The van der Waals surface area contributed by atoms with Gasteiger partial charge in [0.2, 0.25) is 5.91 Å². The molecule has 5 nitrogen and oxygen atoms in total. The molecular weight excluding hydrogens is 365 g/mol. The van der Waals surface area contributed by atoms with Crippen LogP contribution in [0.1, 0.15) is 43.5 Å². The molecular formula is C20H26FN3O2S. The lowest BCUT2D eigenvalue weighted by Crippen LogP contribution is -2.33. The van der Waals surface area contributed by atoms with Crippen LogP contribution in [-0.4, -0.2) is 27.3 Å². The van der Waals surface area contributed by atoms with Gasteiger partial charge < -0.3 is 5.32 Å². The maximum atomic E-state index is 13.1. The summed E-state index contributed by atoms with van der Waals surface area (Å²) in [5.74, 6) is -0.366. The van der Waals surface area contributed by atoms with Crippen molar-refractivity contribution < 1.29 is 9.18 Å². The summed E-state index contributed by atoms with van der Waals surface area (Å²) in [6.45, 7) is 6.32. The first-order chi connectivity index (χ1) is 12.8. The van der Waals surface area contributed by atoms with Gasteiger partial charge in [-0.3, -0.25) is 14.2 Å². The van der Waals surface area contributed by atoms with Gasteiger partial charge in [0.05, 0.1) is 5.25 Å². The maximum Gasteiger partial charge on any atom is 0.257 e. The van der Waals surface area contributed by atoms with Gasteiger partial charge in [0.15, 0.2) is 5.16 Å². The molecule has 0 fully saturated rings. The molecule has 0 radical (unpaired) electrons. The van der Waals surface area contributed by atoms with Crippen molar-refractivity contribution in [3.63, 3.8) is 0 Å². The third-order valence-electron chi connectivity index (χ3n) is 4.32. The van der Waals surface area contributed by atoms with E-state index in [9.17, 15) is 14.0 Å². The predicted octanol–water partition coefficient (Wildman–Crippen LogP) is 3.22. The lowest BCUT2D eigenvalue weighted by Gasteiger charge is -2.15. The van der Waals surface area contributed by atoms with E-state index in [4.69, 9.17) is 0 Å². The van der Waals surface area contributed by atoms with Crippen LogP contribution >= 0.6 is 11.8 Å². The first-order valence-electron chi connectivity index (χ1n) is 9.08. The molecule has 2 aromatic rings. The van der Waals surface area contributed by atoms with Crippen LogP contribution in [-0.2, 0) is 18.3 Å². The molecule has 146 valence electrons. The molecule has 0 bridgehead atoms. The summed E-state index contributed by atoms with van der Waals surface area (Å²) in [7, 11) is 1.66. The van der Waals surface area contributed by atoms with Crippen molar-refractivity contribution in [2.45, 2.75) is 50.4 Å². The molecule has 1 N–H and O–H groups in total. The lowest BCUT2D eigenvalue weighted by molar-refractivity contribution is -0.120. The highest BCUT2D eigenvalue weighted by molar-refractivity contribution is 8.00. The number of unbranched alkanes of at least 4 members (excludes halogenated alkanes) is 1. The quantitative estimate of drug-likeness (QED) is 0.426. The topological polar surface area (TPSA) is 64.0 Å². The molecule has 27 heavy (non-hydrogen) atoms. The SMILES string of the molecule is CCCCNC(=O)C(C)Sc1nc(C)c(Cc2ccc(F)cc2)c(=O)n1C. The second-order valence-electron chi connectivity index (χ2n) is 6.53. The van der Waals surface area contributed by atoms with Crippen LogP contribution in [0.2, 0.25) is 0 Å². The van der Waals surface area contributed by atoms with E-state index in [0.717, 1.165) is 18.4 Å². The van der Waals surface area contributed by atoms with E-state index in [2.05, 4.69) is 17.2 Å². The number of aryl methyl sites for hydroxylation is 1. The number of thioether (sulfide) groups is 1. The first-order valence-corrected chi connectivity index (χ1v) is 9.96. The standard InChI is InChI=1S/C20H26FN3O2S/c1-5-6-11-22-18(25)14(3)27-20-23-13(2)17(19(26)24(20)4)12-15-7-9-16(21)10-8-15/h7-10,14H,5-6,11-12H2,1-4H3,(H,22,25). The highest BCUT2D eigenvalue weighted by Gasteiger charge is 2.19. The number of benzene rings is 1. The Morgan fingerprint density at radius 2 is 2.00 bits per heavy atom. The van der Waals surface area contributed by atoms with Crippen molar-refractivity contribution in [2.24, 2.45) is 7.05 Å². The van der Waals surface area contributed by atoms with E-state index < -0.39 is 0 Å². The normalized spacial score (nSPS) is 12.0. The second kappa shape index (κ2) is 9.69. The van der Waals surface area contributed by atoms with Crippen LogP contribution in [0, 0.1) is 12.7 Å². The Bertz CT molecular complexity index is 850. The zero-order chi connectivity index (χ0) is 20.0. The van der Waals surface area contributed by atoms with Gasteiger partial charge in [0, 0.05) is 31.3 Å². The van der Waals surface area contributed by atoms with E-state index in [1.54, 1.807) is 33.0 Å². The molecule has 2 rings (SSSR count). The predicted molar refractivity (Wildman–Crippen MR) is 107 cm³/mol. The number of nitrogens with zero attached hydrogens (tertiary/aromatic N) is 2. The van der Waals surface area contributed by atoms with Crippen molar-refractivity contribution in [1.82, 2.24) is 14.9 Å². The summed E-state index contributed by atoms with van der Waals surface area (Å²) in [4.78, 5) is 29.5. The minimum absolute atomic E-state index is 0.0595. The number of halogens is 1. The maximum absolute atomic E-state index is 13.1. The fourth-order valence-electron chi connectivity index (χ4n) is 2.59. The highest BCUT2D eigenvalue weighted by Crippen LogP contribution is 2.21. The van der Waals surface area contributed by atoms with Crippen LogP contribution in [0.25, 0.3) is 0 Å². The van der Waals surface area contributed by atoms with Gasteiger partial charge in [-0.15, -0.1) is 0 Å². The molecule has 1 aromatic carbocycles. The van der Waals surface area contributed by atoms with E-state index in [-0.39, 0.29) is 22.5 Å². The molecule has 0 saturated carbocycles. The second-order valence-corrected chi connectivity index (χ2v) is 7.84. The van der Waals surface area contributed by atoms with Crippen molar-refractivity contribution in [2.75, 3.05) is 6.54 Å². The number of carbonyl (C=O) groups is 1. The minimum Gasteiger partial charge on any atom is -0.355 e. The van der Waals surface area contributed by atoms with Gasteiger partial charge in [-0.2, -0.15) is 0 Å². The zero-order valence-electron chi connectivity index (χ0n) is 16.2. The third-order valence-corrected chi connectivity index (χ3v) is 5.47. The molecule has 0 aliphatic carbocycles. The molecule has 1 aromatic heterocycles. The van der Waals surface area contributed by atoms with Crippen LogP contribution in [0.5, 0.6) is 0 Å². The number of rotatable bonds is 8. The minimum atomic E-state index is -0.345. The Morgan fingerprint density at radius 1 is 1.33 bits per heavy atom. The molecule has 0 aliphatic rings. The Morgan fingerprint density at radius 3 is 2.63 bits per heavy atom. The Labute approximate surface area is 163 Å². The number of nitrogens with one attached hydrogen (secondary N) is 1. The zero-order valence-corrected chi connectivity index (χ0v) is 17.0. The van der Waals surface area contributed by atoms with Gasteiger partial charge in [-0.05, 0) is 38.0 Å². The molecule has 7 heteroatoms. The number of carbonyl (C=O) groups excluding carboxylic acids is 1. The number of hydrogen-bond donors (Lipinski definition) is 1. The summed E-state index contributed by atoms with van der Waals surface area (Å²) in [5.41, 5.74) is 1.91. The Kier molecular flexibility index (Phi) is 7.59. The molecule has 0 spiro atoms. The molecule has 1 amide bonds. The summed E-state index contributed by atoms with van der Waals surface area (Å²) in [5, 5.41) is 3.06.